The molecule has 1 saturated heterocycles. The van der Waals surface area contributed by atoms with E-state index in [-0.39, 0.29) is 0 Å². The third-order valence-corrected chi connectivity index (χ3v) is 4.55. The summed E-state index contributed by atoms with van der Waals surface area (Å²) in [6, 6.07) is 0. The molecule has 3 rings (SSSR count). The summed E-state index contributed by atoms with van der Waals surface area (Å²) in [7, 11) is 0. The van der Waals surface area contributed by atoms with Gasteiger partial charge in [-0.2, -0.15) is 8.78 Å². The summed E-state index contributed by atoms with van der Waals surface area (Å²) in [5.74, 6) is 0.415. The molecule has 9 heteroatoms. The number of halogens is 2. The zero-order valence-electron chi connectivity index (χ0n) is 12.0. The summed E-state index contributed by atoms with van der Waals surface area (Å²) in [6.07, 6.45) is 4.56. The van der Waals surface area contributed by atoms with Crippen LogP contribution in [0.1, 0.15) is 17.3 Å². The standard InChI is InChI=1S/C13H18F2N6S/c14-12(15)21-2-1-17-11(21)9-20-5-3-19(4-6-20)8-10-7-18-13(16)22-10/h1-2,7,12H,3-6,8-9H2,(H2,16,18). The fraction of sp³-hybridized carbons (Fsp3) is 0.538. The van der Waals surface area contributed by atoms with Crippen LogP contribution in [0.2, 0.25) is 0 Å². The summed E-state index contributed by atoms with van der Waals surface area (Å²) in [6.45, 7) is 2.23. The molecule has 0 saturated carbocycles. The average Bonchev–Trinajstić information content (AvgIpc) is 3.10. The van der Waals surface area contributed by atoms with Crippen LogP contribution in [0.3, 0.4) is 0 Å². The molecule has 1 aliphatic heterocycles. The molecular weight excluding hydrogens is 310 g/mol. The second kappa shape index (κ2) is 6.67. The predicted octanol–water partition coefficient (Wildman–Crippen LogP) is 1.63. The highest BCUT2D eigenvalue weighted by molar-refractivity contribution is 7.15. The van der Waals surface area contributed by atoms with Crippen molar-refractivity contribution in [1.29, 1.82) is 0 Å². The highest BCUT2D eigenvalue weighted by Gasteiger charge is 2.20. The van der Waals surface area contributed by atoms with E-state index in [9.17, 15) is 8.78 Å². The Bertz CT molecular complexity index is 605. The lowest BCUT2D eigenvalue weighted by atomic mass is 10.3. The molecule has 2 aromatic heterocycles. The number of nitrogens with zero attached hydrogens (tertiary/aromatic N) is 5. The largest absolute Gasteiger partial charge is 0.375 e. The van der Waals surface area contributed by atoms with Crippen LogP contribution >= 0.6 is 11.3 Å². The van der Waals surface area contributed by atoms with Gasteiger partial charge in [0, 0.05) is 56.2 Å². The Morgan fingerprint density at radius 3 is 2.41 bits per heavy atom. The van der Waals surface area contributed by atoms with Gasteiger partial charge in [-0.1, -0.05) is 0 Å². The SMILES string of the molecule is Nc1ncc(CN2CCN(Cc3nccn3C(F)F)CC2)s1. The minimum absolute atomic E-state index is 0.415. The molecule has 0 spiro atoms. The van der Waals surface area contributed by atoms with Crippen molar-refractivity contribution < 1.29 is 8.78 Å². The summed E-state index contributed by atoms with van der Waals surface area (Å²) in [4.78, 5) is 13.7. The van der Waals surface area contributed by atoms with E-state index in [1.54, 1.807) is 0 Å². The number of hydrogen-bond donors (Lipinski definition) is 1. The van der Waals surface area contributed by atoms with Crippen molar-refractivity contribution in [3.8, 4) is 0 Å². The van der Waals surface area contributed by atoms with Gasteiger partial charge in [-0.3, -0.25) is 14.4 Å². The summed E-state index contributed by atoms with van der Waals surface area (Å²) in [5, 5.41) is 0.590. The van der Waals surface area contributed by atoms with Crippen LogP contribution in [0.4, 0.5) is 13.9 Å². The molecule has 6 nitrogen and oxygen atoms in total. The van der Waals surface area contributed by atoms with Gasteiger partial charge in [-0.05, 0) is 0 Å². The number of rotatable bonds is 5. The molecule has 120 valence electrons. The van der Waals surface area contributed by atoms with Crippen LogP contribution < -0.4 is 5.73 Å². The zero-order valence-corrected chi connectivity index (χ0v) is 12.8. The van der Waals surface area contributed by atoms with Crippen LogP contribution in [-0.4, -0.2) is 50.5 Å². The summed E-state index contributed by atoms with van der Waals surface area (Å²) in [5.41, 5.74) is 5.63. The van der Waals surface area contributed by atoms with Gasteiger partial charge in [0.1, 0.15) is 5.82 Å². The molecule has 0 aliphatic carbocycles. The van der Waals surface area contributed by atoms with Crippen molar-refractivity contribution in [3.05, 3.63) is 29.3 Å². The van der Waals surface area contributed by atoms with Crippen molar-refractivity contribution in [3.63, 3.8) is 0 Å². The quantitative estimate of drug-likeness (QED) is 0.904. The third-order valence-electron chi connectivity index (χ3n) is 3.74. The first-order chi connectivity index (χ1) is 10.6. The van der Waals surface area contributed by atoms with Gasteiger partial charge in [-0.15, -0.1) is 11.3 Å². The van der Waals surface area contributed by atoms with Crippen LogP contribution in [0.5, 0.6) is 0 Å². The fourth-order valence-corrected chi connectivity index (χ4v) is 3.29. The maximum atomic E-state index is 12.8. The van der Waals surface area contributed by atoms with E-state index in [1.807, 2.05) is 6.20 Å². The van der Waals surface area contributed by atoms with Crippen molar-refractivity contribution in [2.75, 3.05) is 31.9 Å². The third kappa shape index (κ3) is 3.60. The number of aromatic nitrogens is 3. The molecule has 0 aromatic carbocycles. The maximum absolute atomic E-state index is 12.8. The van der Waals surface area contributed by atoms with Gasteiger partial charge in [0.2, 0.25) is 0 Å². The van der Waals surface area contributed by atoms with E-state index in [2.05, 4.69) is 19.8 Å². The summed E-state index contributed by atoms with van der Waals surface area (Å²) >= 11 is 1.51. The van der Waals surface area contributed by atoms with Gasteiger partial charge in [0.15, 0.2) is 5.13 Å². The van der Waals surface area contributed by atoms with E-state index in [0.29, 0.717) is 17.5 Å². The highest BCUT2D eigenvalue weighted by Crippen LogP contribution is 2.18. The maximum Gasteiger partial charge on any atom is 0.319 e. The second-order valence-electron chi connectivity index (χ2n) is 5.25. The molecule has 0 atom stereocenters. The van der Waals surface area contributed by atoms with E-state index < -0.39 is 6.55 Å². The van der Waals surface area contributed by atoms with E-state index in [0.717, 1.165) is 42.2 Å². The van der Waals surface area contributed by atoms with Crippen molar-refractivity contribution in [1.82, 2.24) is 24.3 Å². The number of nitrogens with two attached hydrogens (primary N) is 1. The van der Waals surface area contributed by atoms with Crippen molar-refractivity contribution in [2.45, 2.75) is 19.6 Å². The molecular formula is C13H18F2N6S. The Labute approximate surface area is 131 Å². The van der Waals surface area contributed by atoms with Crippen LogP contribution in [-0.2, 0) is 13.1 Å². The Morgan fingerprint density at radius 2 is 1.82 bits per heavy atom. The zero-order chi connectivity index (χ0) is 15.5. The lowest BCUT2D eigenvalue weighted by Gasteiger charge is -2.34. The number of alkyl halides is 2. The number of nitrogen functional groups attached to an aromatic ring is 1. The Hall–Kier alpha value is -1.58. The molecule has 0 radical (unpaired) electrons. The first-order valence-electron chi connectivity index (χ1n) is 7.06. The molecule has 0 amide bonds. The van der Waals surface area contributed by atoms with Crippen molar-refractivity contribution in [2.24, 2.45) is 0 Å². The normalized spacial score (nSPS) is 17.4. The van der Waals surface area contributed by atoms with E-state index in [4.69, 9.17) is 5.73 Å². The van der Waals surface area contributed by atoms with Gasteiger partial charge in [0.05, 0.1) is 6.54 Å². The van der Waals surface area contributed by atoms with Crippen LogP contribution in [0.25, 0.3) is 0 Å². The smallest absolute Gasteiger partial charge is 0.319 e. The number of thiazole rings is 1. The molecule has 0 unspecified atom stereocenters. The highest BCUT2D eigenvalue weighted by atomic mass is 32.1. The van der Waals surface area contributed by atoms with Gasteiger partial charge in [0.25, 0.3) is 0 Å². The Morgan fingerprint density at radius 1 is 1.14 bits per heavy atom. The number of anilines is 1. The van der Waals surface area contributed by atoms with Gasteiger partial charge >= 0.3 is 6.55 Å². The fourth-order valence-electron chi connectivity index (χ4n) is 2.57. The number of imidazole rings is 1. The molecule has 3 heterocycles. The molecule has 2 aromatic rings. The lowest BCUT2D eigenvalue weighted by Crippen LogP contribution is -2.45. The minimum atomic E-state index is -2.53. The van der Waals surface area contributed by atoms with E-state index in [1.165, 1.54) is 23.7 Å². The Balaban J connectivity index is 1.50. The van der Waals surface area contributed by atoms with Crippen LogP contribution in [0.15, 0.2) is 18.6 Å². The molecule has 22 heavy (non-hydrogen) atoms. The van der Waals surface area contributed by atoms with Crippen molar-refractivity contribution >= 4 is 16.5 Å². The first-order valence-corrected chi connectivity index (χ1v) is 7.88. The molecule has 0 bridgehead atoms. The van der Waals surface area contributed by atoms with Crippen LogP contribution in [0, 0.1) is 0 Å². The second-order valence-corrected chi connectivity index (χ2v) is 6.39. The topological polar surface area (TPSA) is 63.2 Å². The van der Waals surface area contributed by atoms with E-state index >= 15 is 0 Å². The predicted molar refractivity (Wildman–Crippen MR) is 80.6 cm³/mol. The lowest BCUT2D eigenvalue weighted by molar-refractivity contribution is 0.0603. The molecule has 1 aliphatic rings. The Kier molecular flexibility index (Phi) is 4.65. The number of hydrogen-bond acceptors (Lipinski definition) is 6. The molecule has 2 N–H and O–H groups in total. The minimum Gasteiger partial charge on any atom is -0.375 e. The average molecular weight is 328 g/mol. The molecule has 1 fully saturated rings. The monoisotopic (exact) mass is 328 g/mol. The first kappa shape index (κ1) is 15.3. The summed E-state index contributed by atoms with van der Waals surface area (Å²) < 4.78 is 26.5. The van der Waals surface area contributed by atoms with Gasteiger partial charge in [-0.25, -0.2) is 9.97 Å². The number of piperazine rings is 1. The van der Waals surface area contributed by atoms with Gasteiger partial charge < -0.3 is 5.73 Å².